The topological polar surface area (TPSA) is 34.1 Å². The van der Waals surface area contributed by atoms with Crippen LogP contribution in [0.3, 0.4) is 0 Å². The van der Waals surface area contributed by atoms with Gasteiger partial charge in [0.15, 0.2) is 0 Å². The Balaban J connectivity index is 2.38. The van der Waals surface area contributed by atoms with Gasteiger partial charge in [0.1, 0.15) is 11.6 Å². The maximum absolute atomic E-state index is 13.5. The van der Waals surface area contributed by atoms with Crippen LogP contribution in [0, 0.1) is 5.82 Å². The fraction of sp³-hybridized carbons (Fsp3) is 0.267. The Morgan fingerprint density at radius 2 is 2.05 bits per heavy atom. The highest BCUT2D eigenvalue weighted by molar-refractivity contribution is 9.10. The number of nitrogens with zero attached hydrogens (tertiary/aromatic N) is 1. The highest BCUT2D eigenvalue weighted by Gasteiger charge is 2.14. The van der Waals surface area contributed by atoms with Crippen LogP contribution >= 0.6 is 15.9 Å². The van der Waals surface area contributed by atoms with Crippen LogP contribution in [-0.4, -0.2) is 18.6 Å². The maximum Gasteiger partial charge on any atom is 0.137 e. The number of rotatable bonds is 5. The first-order valence-corrected chi connectivity index (χ1v) is 7.14. The monoisotopic (exact) mass is 338 g/mol. The van der Waals surface area contributed by atoms with Gasteiger partial charge in [-0.05, 0) is 49.4 Å². The zero-order chi connectivity index (χ0) is 14.5. The van der Waals surface area contributed by atoms with Crippen LogP contribution in [0.4, 0.5) is 4.39 Å². The summed E-state index contributed by atoms with van der Waals surface area (Å²) in [6.45, 7) is 2.51. The van der Waals surface area contributed by atoms with Crippen molar-refractivity contribution in [1.29, 1.82) is 0 Å². The average molecular weight is 339 g/mol. The quantitative estimate of drug-likeness (QED) is 0.902. The number of hydrogen-bond donors (Lipinski definition) is 1. The molecule has 1 unspecified atom stereocenters. The van der Waals surface area contributed by atoms with Crippen molar-refractivity contribution in [3.63, 3.8) is 0 Å². The lowest BCUT2D eigenvalue weighted by Gasteiger charge is -2.18. The Hall–Kier alpha value is -1.46. The number of nitrogens with one attached hydrogen (secondary N) is 1. The molecule has 0 aliphatic heterocycles. The molecule has 0 fully saturated rings. The molecule has 0 saturated heterocycles. The predicted molar refractivity (Wildman–Crippen MR) is 80.4 cm³/mol. The molecule has 1 aromatic heterocycles. The molecule has 5 heteroatoms. The molecule has 1 atom stereocenters. The molecule has 106 valence electrons. The van der Waals surface area contributed by atoms with E-state index in [0.717, 1.165) is 11.1 Å². The van der Waals surface area contributed by atoms with Crippen molar-refractivity contribution in [2.45, 2.75) is 13.0 Å². The van der Waals surface area contributed by atoms with Crippen LogP contribution in [0.25, 0.3) is 0 Å². The maximum atomic E-state index is 13.5. The highest BCUT2D eigenvalue weighted by atomic mass is 79.9. The van der Waals surface area contributed by atoms with Crippen LogP contribution in [0.2, 0.25) is 0 Å². The first kappa shape index (κ1) is 14.9. The Morgan fingerprint density at radius 3 is 2.70 bits per heavy atom. The van der Waals surface area contributed by atoms with E-state index >= 15 is 0 Å². The lowest BCUT2D eigenvalue weighted by Crippen LogP contribution is -2.18. The van der Waals surface area contributed by atoms with Crippen molar-refractivity contribution < 1.29 is 9.13 Å². The van der Waals surface area contributed by atoms with E-state index in [1.165, 1.54) is 12.1 Å². The molecule has 0 spiro atoms. The number of benzene rings is 1. The number of pyridine rings is 1. The van der Waals surface area contributed by atoms with Gasteiger partial charge >= 0.3 is 0 Å². The summed E-state index contributed by atoms with van der Waals surface area (Å²) < 4.78 is 19.7. The molecule has 2 aromatic rings. The van der Waals surface area contributed by atoms with Crippen molar-refractivity contribution >= 4 is 15.9 Å². The summed E-state index contributed by atoms with van der Waals surface area (Å²) >= 11 is 3.31. The minimum Gasteiger partial charge on any atom is -0.492 e. The van der Waals surface area contributed by atoms with Crippen LogP contribution in [-0.2, 0) is 0 Å². The third-order valence-corrected chi connectivity index (χ3v) is 3.34. The van der Waals surface area contributed by atoms with E-state index < -0.39 is 0 Å². The Labute approximate surface area is 126 Å². The molecule has 0 radical (unpaired) electrons. The molecule has 0 aliphatic rings. The molecule has 0 bridgehead atoms. The van der Waals surface area contributed by atoms with Crippen LogP contribution < -0.4 is 10.1 Å². The first-order valence-electron chi connectivity index (χ1n) is 6.35. The van der Waals surface area contributed by atoms with Gasteiger partial charge in [-0.2, -0.15) is 0 Å². The second-order valence-electron chi connectivity index (χ2n) is 4.31. The van der Waals surface area contributed by atoms with Crippen LogP contribution in [0.15, 0.2) is 41.1 Å². The fourth-order valence-corrected chi connectivity index (χ4v) is 2.59. The molecule has 0 saturated carbocycles. The van der Waals surface area contributed by atoms with Crippen LogP contribution in [0.1, 0.15) is 24.1 Å². The molecule has 0 amide bonds. The van der Waals surface area contributed by atoms with Gasteiger partial charge < -0.3 is 10.1 Å². The Kier molecular flexibility index (Phi) is 5.09. The van der Waals surface area contributed by atoms with Gasteiger partial charge in [-0.1, -0.05) is 15.9 Å². The van der Waals surface area contributed by atoms with Gasteiger partial charge in [-0.3, -0.25) is 4.98 Å². The molecule has 2 rings (SSSR count). The normalized spacial score (nSPS) is 12.2. The third kappa shape index (κ3) is 3.55. The van der Waals surface area contributed by atoms with E-state index in [9.17, 15) is 4.39 Å². The van der Waals surface area contributed by atoms with E-state index in [-0.39, 0.29) is 11.9 Å². The molecular weight excluding hydrogens is 323 g/mol. The first-order chi connectivity index (χ1) is 9.63. The summed E-state index contributed by atoms with van der Waals surface area (Å²) in [4.78, 5) is 4.17. The predicted octanol–water partition coefficient (Wildman–Crippen LogP) is 3.69. The van der Waals surface area contributed by atoms with Crippen molar-refractivity contribution in [3.05, 3.63) is 58.1 Å². The van der Waals surface area contributed by atoms with E-state index in [0.29, 0.717) is 16.8 Å². The van der Waals surface area contributed by atoms with Crippen molar-refractivity contribution in [1.82, 2.24) is 10.3 Å². The SMILES string of the molecule is CCOc1cncc(C(NC)c2cc(F)cc(Br)c2)c1. The molecule has 3 nitrogen and oxygen atoms in total. The second-order valence-corrected chi connectivity index (χ2v) is 5.23. The Bertz CT molecular complexity index is 572. The van der Waals surface area contributed by atoms with Crippen molar-refractivity contribution in [3.8, 4) is 5.75 Å². The van der Waals surface area contributed by atoms with Gasteiger partial charge in [-0.15, -0.1) is 0 Å². The zero-order valence-corrected chi connectivity index (χ0v) is 12.9. The molecular formula is C15H16BrFN2O. The summed E-state index contributed by atoms with van der Waals surface area (Å²) in [5.74, 6) is 0.435. The van der Waals surface area contributed by atoms with Crippen LogP contribution in [0.5, 0.6) is 5.75 Å². The number of ether oxygens (including phenoxy) is 1. The zero-order valence-electron chi connectivity index (χ0n) is 11.4. The number of aromatic nitrogens is 1. The van der Waals surface area contributed by atoms with Gasteiger partial charge in [0.2, 0.25) is 0 Å². The van der Waals surface area contributed by atoms with E-state index in [2.05, 4.69) is 26.2 Å². The number of halogens is 2. The van der Waals surface area contributed by atoms with Crippen molar-refractivity contribution in [2.24, 2.45) is 0 Å². The van der Waals surface area contributed by atoms with E-state index in [1.54, 1.807) is 12.4 Å². The summed E-state index contributed by atoms with van der Waals surface area (Å²) in [6.07, 6.45) is 3.42. The standard InChI is InChI=1S/C15H16BrFN2O/c1-3-20-14-6-11(8-19-9-14)15(18-2)10-4-12(16)7-13(17)5-10/h4-9,15,18H,3H2,1-2H3. The lowest BCUT2D eigenvalue weighted by atomic mass is 10.0. The lowest BCUT2D eigenvalue weighted by molar-refractivity contribution is 0.338. The van der Waals surface area contributed by atoms with Gasteiger partial charge in [0, 0.05) is 10.7 Å². The Morgan fingerprint density at radius 1 is 1.25 bits per heavy atom. The molecule has 1 heterocycles. The van der Waals surface area contributed by atoms with Gasteiger partial charge in [-0.25, -0.2) is 4.39 Å². The average Bonchev–Trinajstić information content (AvgIpc) is 2.39. The summed E-state index contributed by atoms with van der Waals surface area (Å²) in [5.41, 5.74) is 1.76. The largest absolute Gasteiger partial charge is 0.492 e. The van der Waals surface area contributed by atoms with Crippen molar-refractivity contribution in [2.75, 3.05) is 13.7 Å². The van der Waals surface area contributed by atoms with Gasteiger partial charge in [0.05, 0.1) is 18.8 Å². The minimum atomic E-state index is -0.274. The smallest absolute Gasteiger partial charge is 0.137 e. The summed E-state index contributed by atoms with van der Waals surface area (Å²) in [6, 6.07) is 6.60. The fourth-order valence-electron chi connectivity index (χ4n) is 2.11. The minimum absolute atomic E-state index is 0.144. The van der Waals surface area contributed by atoms with E-state index in [4.69, 9.17) is 4.74 Å². The molecule has 1 N–H and O–H groups in total. The summed E-state index contributed by atoms with van der Waals surface area (Å²) in [7, 11) is 1.83. The molecule has 0 aliphatic carbocycles. The molecule has 1 aromatic carbocycles. The third-order valence-electron chi connectivity index (χ3n) is 2.89. The summed E-state index contributed by atoms with van der Waals surface area (Å²) in [5, 5.41) is 3.18. The van der Waals surface area contributed by atoms with Gasteiger partial charge in [0.25, 0.3) is 0 Å². The molecule has 20 heavy (non-hydrogen) atoms. The second kappa shape index (κ2) is 6.81. The highest BCUT2D eigenvalue weighted by Crippen LogP contribution is 2.27. The number of hydrogen-bond acceptors (Lipinski definition) is 3. The van der Waals surface area contributed by atoms with E-state index in [1.807, 2.05) is 26.1 Å².